The summed E-state index contributed by atoms with van der Waals surface area (Å²) >= 11 is 6.29. The fourth-order valence-electron chi connectivity index (χ4n) is 5.66. The number of carbonyl (C=O) groups excluding carboxylic acids is 1. The molecule has 3 atom stereocenters. The van der Waals surface area contributed by atoms with Crippen LogP contribution in [0.3, 0.4) is 0 Å². The van der Waals surface area contributed by atoms with Gasteiger partial charge in [0.25, 0.3) is 5.91 Å². The second-order valence-corrected chi connectivity index (χ2v) is 9.21. The lowest BCUT2D eigenvalue weighted by atomic mass is 9.93. The van der Waals surface area contributed by atoms with E-state index in [0.717, 1.165) is 49.0 Å². The predicted octanol–water partition coefficient (Wildman–Crippen LogP) is 2.95. The third-order valence-electron chi connectivity index (χ3n) is 7.10. The molecule has 1 amide bonds. The maximum absolute atomic E-state index is 12.3. The van der Waals surface area contributed by atoms with Gasteiger partial charge in [0.05, 0.1) is 11.6 Å². The second-order valence-electron chi connectivity index (χ2n) is 8.77. The fourth-order valence-corrected chi connectivity index (χ4v) is 5.85. The molecule has 3 unspecified atom stereocenters. The lowest BCUT2D eigenvalue weighted by Gasteiger charge is -2.50. The van der Waals surface area contributed by atoms with Crippen LogP contribution >= 0.6 is 11.6 Å². The minimum atomic E-state index is -0.391. The number of likely N-dealkylation sites (N-methyl/N-ethyl adjacent to an activating group) is 1. The molecule has 1 aromatic carbocycles. The van der Waals surface area contributed by atoms with Crippen LogP contribution in [0, 0.1) is 0 Å². The minimum absolute atomic E-state index is 0.0359. The van der Waals surface area contributed by atoms with Crippen LogP contribution in [0.5, 0.6) is 0 Å². The number of guanidine groups is 1. The van der Waals surface area contributed by atoms with Crippen LogP contribution < -0.4 is 5.48 Å². The highest BCUT2D eigenvalue weighted by Crippen LogP contribution is 2.44. The first-order valence-electron chi connectivity index (χ1n) is 11.2. The average Bonchev–Trinajstić information content (AvgIpc) is 3.52. The van der Waals surface area contributed by atoms with Gasteiger partial charge in [-0.15, -0.1) is 0 Å². The Morgan fingerprint density at radius 2 is 2.13 bits per heavy atom. The zero-order valence-corrected chi connectivity index (χ0v) is 18.3. The zero-order valence-electron chi connectivity index (χ0n) is 17.6. The molecular weight excluding hydrogens is 414 g/mol. The summed E-state index contributed by atoms with van der Waals surface area (Å²) in [5.41, 5.74) is 6.86. The summed E-state index contributed by atoms with van der Waals surface area (Å²) in [7, 11) is 0. The molecule has 1 N–H and O–H groups in total. The third kappa shape index (κ3) is 2.90. The van der Waals surface area contributed by atoms with E-state index in [9.17, 15) is 4.79 Å². The first-order chi connectivity index (χ1) is 15.2. The number of fused-ring (bicyclic) bond motifs is 4. The van der Waals surface area contributed by atoms with Gasteiger partial charge in [-0.2, -0.15) is 0 Å². The van der Waals surface area contributed by atoms with Crippen LogP contribution in [0.4, 0.5) is 0 Å². The summed E-state index contributed by atoms with van der Waals surface area (Å²) in [6, 6.07) is 6.47. The zero-order chi connectivity index (χ0) is 21.1. The van der Waals surface area contributed by atoms with E-state index in [1.54, 1.807) is 0 Å². The van der Waals surface area contributed by atoms with Gasteiger partial charge in [-0.05, 0) is 55.9 Å². The number of hydroxylamine groups is 1. The first-order valence-corrected chi connectivity index (χ1v) is 11.6. The molecule has 31 heavy (non-hydrogen) atoms. The van der Waals surface area contributed by atoms with E-state index in [1.165, 1.54) is 24.0 Å². The van der Waals surface area contributed by atoms with Crippen molar-refractivity contribution >= 4 is 23.5 Å². The molecule has 2 saturated heterocycles. The Morgan fingerprint density at radius 3 is 2.94 bits per heavy atom. The lowest BCUT2D eigenvalue weighted by molar-refractivity contribution is -0.122. The van der Waals surface area contributed by atoms with Gasteiger partial charge < -0.3 is 14.7 Å². The van der Waals surface area contributed by atoms with Crippen molar-refractivity contribution in [2.75, 3.05) is 19.6 Å². The van der Waals surface area contributed by atoms with Gasteiger partial charge in [0.1, 0.15) is 12.3 Å². The molecule has 4 aliphatic heterocycles. The fraction of sp³-hybridized carbons (Fsp3) is 0.478. The van der Waals surface area contributed by atoms with Crippen LogP contribution in [0.1, 0.15) is 43.4 Å². The van der Waals surface area contributed by atoms with Crippen LogP contribution in [0.25, 0.3) is 0 Å². The molecule has 0 bridgehead atoms. The lowest BCUT2D eigenvalue weighted by Crippen LogP contribution is -2.59. The summed E-state index contributed by atoms with van der Waals surface area (Å²) in [5, 5.41) is 0.788. The molecule has 1 aliphatic carbocycles. The minimum Gasteiger partial charge on any atom is -0.353 e. The summed E-state index contributed by atoms with van der Waals surface area (Å²) in [6.45, 7) is 4.97. The topological polar surface area (TPSA) is 60.4 Å². The normalized spacial score (nSPS) is 29.2. The van der Waals surface area contributed by atoms with E-state index in [1.807, 2.05) is 18.5 Å². The Bertz CT molecular complexity index is 1030. The number of hydrogen-bond donors (Lipinski definition) is 1. The monoisotopic (exact) mass is 439 g/mol. The van der Waals surface area contributed by atoms with Crippen molar-refractivity contribution < 1.29 is 9.63 Å². The molecule has 1 aromatic rings. The predicted molar refractivity (Wildman–Crippen MR) is 118 cm³/mol. The Labute approximate surface area is 186 Å². The van der Waals surface area contributed by atoms with E-state index < -0.39 is 6.10 Å². The Morgan fingerprint density at radius 1 is 1.29 bits per heavy atom. The van der Waals surface area contributed by atoms with Crippen LogP contribution in [0.2, 0.25) is 5.02 Å². The highest BCUT2D eigenvalue weighted by molar-refractivity contribution is 6.30. The molecule has 4 heterocycles. The quantitative estimate of drug-likeness (QED) is 0.767. The Balaban J connectivity index is 1.48. The standard InChI is InChI=1S/C23H26ClN5O2/c1-2-27-13-18-20(31-26-21(18)30)17-12-25-23(28-9-3-4-10-28)29(22(17)27)19-8-5-14-11-15(24)6-7-16(14)19/h6-7,11-13,19-20,22H,2-5,8-10H2,1H3,(H,26,30). The van der Waals surface area contributed by atoms with Crippen molar-refractivity contribution in [2.24, 2.45) is 4.99 Å². The number of benzene rings is 1. The van der Waals surface area contributed by atoms with E-state index in [4.69, 9.17) is 21.4 Å². The van der Waals surface area contributed by atoms with Gasteiger partial charge in [-0.3, -0.25) is 9.63 Å². The molecule has 0 radical (unpaired) electrons. The van der Waals surface area contributed by atoms with Gasteiger partial charge in [0.2, 0.25) is 5.96 Å². The molecule has 0 saturated carbocycles. The summed E-state index contributed by atoms with van der Waals surface area (Å²) in [6.07, 6.45) is 7.89. The molecular formula is C23H26ClN5O2. The van der Waals surface area contributed by atoms with Crippen molar-refractivity contribution in [1.82, 2.24) is 20.2 Å². The third-order valence-corrected chi connectivity index (χ3v) is 7.33. The number of nitrogens with one attached hydrogen (secondary N) is 1. The molecule has 162 valence electrons. The molecule has 0 aromatic heterocycles. The molecule has 8 heteroatoms. The van der Waals surface area contributed by atoms with Gasteiger partial charge >= 0.3 is 0 Å². The van der Waals surface area contributed by atoms with Crippen molar-refractivity contribution in [3.8, 4) is 0 Å². The number of likely N-dealkylation sites (tertiary alicyclic amines) is 1. The number of nitrogens with zero attached hydrogens (tertiary/aromatic N) is 4. The van der Waals surface area contributed by atoms with Gasteiger partial charge in [-0.25, -0.2) is 10.5 Å². The number of amides is 1. The molecule has 0 spiro atoms. The number of aliphatic imine (C=N–C) groups is 1. The van der Waals surface area contributed by atoms with Crippen molar-refractivity contribution in [3.63, 3.8) is 0 Å². The highest BCUT2D eigenvalue weighted by atomic mass is 35.5. The smallest absolute Gasteiger partial charge is 0.275 e. The highest BCUT2D eigenvalue weighted by Gasteiger charge is 2.49. The first kappa shape index (κ1) is 19.2. The second kappa shape index (κ2) is 7.28. The van der Waals surface area contributed by atoms with Crippen molar-refractivity contribution in [1.29, 1.82) is 0 Å². The SMILES string of the molecule is CCN1C=C2C(=O)NOC2C2=CN=C(N3CCCC3)N(C3CCc4cc(Cl)ccc43)C21. The number of rotatable bonds is 2. The summed E-state index contributed by atoms with van der Waals surface area (Å²) in [5.74, 6) is 0.871. The number of halogens is 1. The number of aryl methyl sites for hydroxylation is 1. The van der Waals surface area contributed by atoms with Gasteiger partial charge in [0.15, 0.2) is 0 Å². The van der Waals surface area contributed by atoms with Crippen molar-refractivity contribution in [3.05, 3.63) is 57.9 Å². The van der Waals surface area contributed by atoms with Crippen molar-refractivity contribution in [2.45, 2.75) is 50.9 Å². The molecule has 5 aliphatic rings. The van der Waals surface area contributed by atoms with Gasteiger partial charge in [0, 0.05) is 42.6 Å². The Hall–Kier alpha value is -2.51. The Kier molecular flexibility index (Phi) is 4.51. The number of carbonyl (C=O) groups is 1. The summed E-state index contributed by atoms with van der Waals surface area (Å²) < 4.78 is 0. The maximum atomic E-state index is 12.3. The van der Waals surface area contributed by atoms with E-state index in [-0.39, 0.29) is 18.1 Å². The largest absolute Gasteiger partial charge is 0.353 e. The molecule has 6 rings (SSSR count). The number of hydrogen-bond acceptors (Lipinski definition) is 6. The molecule has 2 fully saturated rings. The summed E-state index contributed by atoms with van der Waals surface area (Å²) in [4.78, 5) is 30.1. The van der Waals surface area contributed by atoms with E-state index in [0.29, 0.717) is 5.57 Å². The maximum Gasteiger partial charge on any atom is 0.275 e. The average molecular weight is 440 g/mol. The van der Waals surface area contributed by atoms with Gasteiger partial charge in [-0.1, -0.05) is 17.7 Å². The molecule has 7 nitrogen and oxygen atoms in total. The van der Waals surface area contributed by atoms with E-state index in [2.05, 4.69) is 39.2 Å². The van der Waals surface area contributed by atoms with E-state index >= 15 is 0 Å². The van der Waals surface area contributed by atoms with Crippen LogP contribution in [-0.2, 0) is 16.1 Å². The van der Waals surface area contributed by atoms with Crippen LogP contribution in [0.15, 0.2) is 46.7 Å². The van der Waals surface area contributed by atoms with Crippen LogP contribution in [-0.4, -0.2) is 58.5 Å².